The lowest BCUT2D eigenvalue weighted by Gasteiger charge is -2.08. The molecule has 1 saturated heterocycles. The number of nitrogens with zero attached hydrogens (tertiary/aromatic N) is 1. The Bertz CT molecular complexity index is 436. The fourth-order valence-corrected chi connectivity index (χ4v) is 3.38. The molecule has 0 saturated carbocycles. The highest BCUT2D eigenvalue weighted by atomic mass is 32.2. The van der Waals surface area contributed by atoms with Gasteiger partial charge >= 0.3 is 0 Å². The minimum absolute atomic E-state index is 0.206. The summed E-state index contributed by atoms with van der Waals surface area (Å²) in [5, 5.41) is 4.53. The molecule has 1 aromatic carbocycles. The second-order valence-corrected chi connectivity index (χ2v) is 5.77. The van der Waals surface area contributed by atoms with Gasteiger partial charge < -0.3 is 10.1 Å². The van der Waals surface area contributed by atoms with Gasteiger partial charge in [-0.2, -0.15) is 0 Å². The summed E-state index contributed by atoms with van der Waals surface area (Å²) in [6.45, 7) is 2.96. The zero-order valence-electron chi connectivity index (χ0n) is 10.6. The summed E-state index contributed by atoms with van der Waals surface area (Å²) in [5.74, 6) is 2.17. The van der Waals surface area contributed by atoms with Crippen LogP contribution in [0.5, 0.6) is 5.75 Å². The van der Waals surface area contributed by atoms with Gasteiger partial charge in [-0.3, -0.25) is 4.99 Å². The van der Waals surface area contributed by atoms with Crippen LogP contribution in [0.1, 0.15) is 18.9 Å². The van der Waals surface area contributed by atoms with Gasteiger partial charge in [0.1, 0.15) is 11.9 Å². The molecule has 3 nitrogen and oxygen atoms in total. The number of hydrogen-bond donors (Lipinski definition) is 1. The Balaban J connectivity index is 1.56. The van der Waals surface area contributed by atoms with Gasteiger partial charge in [0.05, 0.1) is 6.54 Å². The summed E-state index contributed by atoms with van der Waals surface area (Å²) >= 11 is 1.83. The van der Waals surface area contributed by atoms with Crippen LogP contribution in [-0.2, 0) is 6.42 Å². The van der Waals surface area contributed by atoms with Gasteiger partial charge in [0.2, 0.25) is 0 Å². The van der Waals surface area contributed by atoms with Crippen molar-refractivity contribution in [3.63, 3.8) is 0 Å². The number of rotatable bonds is 3. The average molecular weight is 262 g/mol. The molecule has 0 radical (unpaired) electrons. The third kappa shape index (κ3) is 2.48. The standard InChI is InChI=1S/C14H18N2OS/c1-2-11-9-18-14(16-11)15-8-12-7-10-5-3-4-6-13(10)17-12/h3-6,11-12H,2,7-9H2,1H3,(H,15,16). The molecule has 2 unspecified atom stereocenters. The Labute approximate surface area is 112 Å². The molecular formula is C14H18N2OS. The van der Waals surface area contributed by atoms with E-state index in [9.17, 15) is 0 Å². The van der Waals surface area contributed by atoms with Crippen molar-refractivity contribution in [1.82, 2.24) is 5.32 Å². The predicted molar refractivity (Wildman–Crippen MR) is 76.5 cm³/mol. The molecule has 1 fully saturated rings. The SMILES string of the molecule is CCC1CSC(=NCC2Cc3ccccc3O2)N1. The first-order chi connectivity index (χ1) is 8.85. The van der Waals surface area contributed by atoms with Gasteiger partial charge in [-0.05, 0) is 18.1 Å². The van der Waals surface area contributed by atoms with E-state index in [1.54, 1.807) is 0 Å². The molecule has 0 aliphatic carbocycles. The normalized spacial score (nSPS) is 27.9. The van der Waals surface area contributed by atoms with Crippen molar-refractivity contribution in [1.29, 1.82) is 0 Å². The molecule has 4 heteroatoms. The molecule has 0 aromatic heterocycles. The van der Waals surface area contributed by atoms with Crippen LogP contribution in [0.3, 0.4) is 0 Å². The Morgan fingerprint density at radius 1 is 1.44 bits per heavy atom. The van der Waals surface area contributed by atoms with Gasteiger partial charge in [0, 0.05) is 18.2 Å². The summed E-state index contributed by atoms with van der Waals surface area (Å²) in [5.41, 5.74) is 1.31. The summed E-state index contributed by atoms with van der Waals surface area (Å²) < 4.78 is 5.88. The number of para-hydroxylation sites is 1. The topological polar surface area (TPSA) is 33.6 Å². The molecule has 1 N–H and O–H groups in total. The number of hydrogen-bond acceptors (Lipinski definition) is 3. The van der Waals surface area contributed by atoms with Crippen molar-refractivity contribution in [3.8, 4) is 5.75 Å². The van der Waals surface area contributed by atoms with Crippen LogP contribution in [0, 0.1) is 0 Å². The molecule has 3 rings (SSSR count). The second kappa shape index (κ2) is 5.22. The van der Waals surface area contributed by atoms with Gasteiger partial charge in [0.15, 0.2) is 5.17 Å². The Morgan fingerprint density at radius 3 is 3.11 bits per heavy atom. The molecule has 2 aliphatic rings. The van der Waals surface area contributed by atoms with Crippen LogP contribution < -0.4 is 10.1 Å². The quantitative estimate of drug-likeness (QED) is 0.908. The maximum Gasteiger partial charge on any atom is 0.156 e. The minimum Gasteiger partial charge on any atom is -0.488 e. The minimum atomic E-state index is 0.206. The Kier molecular flexibility index (Phi) is 3.46. The smallest absolute Gasteiger partial charge is 0.156 e. The average Bonchev–Trinajstić information content (AvgIpc) is 3.02. The largest absolute Gasteiger partial charge is 0.488 e. The van der Waals surface area contributed by atoms with Gasteiger partial charge in [-0.1, -0.05) is 36.9 Å². The van der Waals surface area contributed by atoms with Gasteiger partial charge in [-0.25, -0.2) is 0 Å². The third-order valence-corrected chi connectivity index (χ3v) is 4.48. The Morgan fingerprint density at radius 2 is 2.33 bits per heavy atom. The predicted octanol–water partition coefficient (Wildman–Crippen LogP) is 2.46. The maximum absolute atomic E-state index is 5.88. The first-order valence-electron chi connectivity index (χ1n) is 6.53. The van der Waals surface area contributed by atoms with E-state index in [-0.39, 0.29) is 6.10 Å². The van der Waals surface area contributed by atoms with Crippen LogP contribution in [0.25, 0.3) is 0 Å². The zero-order valence-corrected chi connectivity index (χ0v) is 11.4. The molecule has 1 aromatic rings. The fraction of sp³-hybridized carbons (Fsp3) is 0.500. The highest BCUT2D eigenvalue weighted by Gasteiger charge is 2.23. The van der Waals surface area contributed by atoms with Gasteiger partial charge in [-0.15, -0.1) is 0 Å². The van der Waals surface area contributed by atoms with Crippen molar-refractivity contribution in [2.24, 2.45) is 4.99 Å². The highest BCUT2D eigenvalue weighted by Crippen LogP contribution is 2.28. The molecule has 0 amide bonds. The molecule has 2 aliphatic heterocycles. The molecule has 2 atom stereocenters. The van der Waals surface area contributed by atoms with Crippen LogP contribution >= 0.6 is 11.8 Å². The molecule has 18 heavy (non-hydrogen) atoms. The molecule has 0 bridgehead atoms. The number of aliphatic imine (C=N–C) groups is 1. The first-order valence-corrected chi connectivity index (χ1v) is 7.52. The van der Waals surface area contributed by atoms with Crippen molar-refractivity contribution in [2.75, 3.05) is 12.3 Å². The highest BCUT2D eigenvalue weighted by molar-refractivity contribution is 8.14. The van der Waals surface area contributed by atoms with Crippen molar-refractivity contribution >= 4 is 16.9 Å². The van der Waals surface area contributed by atoms with E-state index in [2.05, 4.69) is 29.4 Å². The van der Waals surface area contributed by atoms with E-state index in [1.807, 2.05) is 23.9 Å². The number of nitrogens with one attached hydrogen (secondary N) is 1. The lowest BCUT2D eigenvalue weighted by molar-refractivity contribution is 0.242. The first kappa shape index (κ1) is 11.9. The molecule has 0 spiro atoms. The van der Waals surface area contributed by atoms with Crippen LogP contribution in [0.15, 0.2) is 29.3 Å². The summed E-state index contributed by atoms with van der Waals surface area (Å²) in [6, 6.07) is 8.86. The number of amidine groups is 1. The Hall–Kier alpha value is -1.16. The number of thioether (sulfide) groups is 1. The van der Waals surface area contributed by atoms with E-state index >= 15 is 0 Å². The van der Waals surface area contributed by atoms with Crippen molar-refractivity contribution < 1.29 is 4.74 Å². The second-order valence-electron chi connectivity index (χ2n) is 4.76. The third-order valence-electron chi connectivity index (χ3n) is 3.39. The van der Waals surface area contributed by atoms with Crippen molar-refractivity contribution in [2.45, 2.75) is 31.9 Å². The van der Waals surface area contributed by atoms with E-state index in [0.29, 0.717) is 6.04 Å². The number of benzene rings is 1. The lowest BCUT2D eigenvalue weighted by atomic mass is 10.1. The van der Waals surface area contributed by atoms with E-state index in [4.69, 9.17) is 4.74 Å². The monoisotopic (exact) mass is 262 g/mol. The van der Waals surface area contributed by atoms with E-state index in [0.717, 1.165) is 36.1 Å². The number of fused-ring (bicyclic) bond motifs is 1. The van der Waals surface area contributed by atoms with E-state index < -0.39 is 0 Å². The molecule has 2 heterocycles. The van der Waals surface area contributed by atoms with Crippen molar-refractivity contribution in [3.05, 3.63) is 29.8 Å². The van der Waals surface area contributed by atoms with E-state index in [1.165, 1.54) is 5.56 Å². The summed E-state index contributed by atoms with van der Waals surface area (Å²) in [7, 11) is 0. The zero-order chi connectivity index (χ0) is 12.4. The summed E-state index contributed by atoms with van der Waals surface area (Å²) in [6.07, 6.45) is 2.35. The van der Waals surface area contributed by atoms with Crippen LogP contribution in [-0.4, -0.2) is 29.6 Å². The van der Waals surface area contributed by atoms with Crippen LogP contribution in [0.4, 0.5) is 0 Å². The molecular weight excluding hydrogens is 244 g/mol. The summed E-state index contributed by atoms with van der Waals surface area (Å²) in [4.78, 5) is 4.63. The van der Waals surface area contributed by atoms with Gasteiger partial charge in [0.25, 0.3) is 0 Å². The fourth-order valence-electron chi connectivity index (χ4n) is 2.29. The molecule has 96 valence electrons. The number of ether oxygens (including phenoxy) is 1. The maximum atomic E-state index is 5.88. The lowest BCUT2D eigenvalue weighted by Crippen LogP contribution is -2.27. The van der Waals surface area contributed by atoms with Crippen LogP contribution in [0.2, 0.25) is 0 Å².